The highest BCUT2D eigenvalue weighted by molar-refractivity contribution is 9.10. The van der Waals surface area contributed by atoms with Gasteiger partial charge in [-0.05, 0) is 15.9 Å². The molecule has 0 aliphatic carbocycles. The Labute approximate surface area is 122 Å². The van der Waals surface area contributed by atoms with Gasteiger partial charge in [0, 0.05) is 24.4 Å². The van der Waals surface area contributed by atoms with Crippen LogP contribution < -0.4 is 4.72 Å². The number of halogens is 1. The van der Waals surface area contributed by atoms with Crippen molar-refractivity contribution < 1.29 is 17.9 Å². The second kappa shape index (κ2) is 6.14. The first-order valence-electron chi connectivity index (χ1n) is 5.28. The van der Waals surface area contributed by atoms with Gasteiger partial charge in [-0.3, -0.25) is 0 Å². The molecule has 19 heavy (non-hydrogen) atoms. The van der Waals surface area contributed by atoms with Gasteiger partial charge in [-0.15, -0.1) is 11.3 Å². The SMILES string of the molecule is O=S(=O)(NCCc1cscn1)c1cc(CO)oc1Br. The van der Waals surface area contributed by atoms with E-state index in [2.05, 4.69) is 25.6 Å². The molecule has 0 aliphatic heterocycles. The van der Waals surface area contributed by atoms with Crippen LogP contribution in [0.4, 0.5) is 0 Å². The first-order valence-corrected chi connectivity index (χ1v) is 8.50. The van der Waals surface area contributed by atoms with E-state index < -0.39 is 10.0 Å². The number of nitrogens with one attached hydrogen (secondary N) is 1. The maximum Gasteiger partial charge on any atom is 0.244 e. The summed E-state index contributed by atoms with van der Waals surface area (Å²) in [6.07, 6.45) is 0.519. The average Bonchev–Trinajstić information content (AvgIpc) is 2.98. The molecule has 0 saturated carbocycles. The molecule has 0 saturated heterocycles. The lowest BCUT2D eigenvalue weighted by Gasteiger charge is -2.03. The van der Waals surface area contributed by atoms with Gasteiger partial charge in [0.15, 0.2) is 4.67 Å². The zero-order valence-electron chi connectivity index (χ0n) is 9.67. The molecule has 2 aromatic rings. The minimum Gasteiger partial charge on any atom is -0.450 e. The van der Waals surface area contributed by atoms with Crippen LogP contribution in [-0.4, -0.2) is 25.1 Å². The van der Waals surface area contributed by atoms with E-state index in [4.69, 9.17) is 9.52 Å². The number of furan rings is 1. The molecule has 2 N–H and O–H groups in total. The Morgan fingerprint density at radius 2 is 2.32 bits per heavy atom. The minimum absolute atomic E-state index is 0.0187. The molecule has 0 spiro atoms. The second-order valence-corrected chi connectivity index (χ2v) is 6.81. The Balaban J connectivity index is 2.03. The summed E-state index contributed by atoms with van der Waals surface area (Å²) in [5.41, 5.74) is 2.54. The Bertz CT molecular complexity index is 637. The van der Waals surface area contributed by atoms with Crippen molar-refractivity contribution in [3.63, 3.8) is 0 Å². The van der Waals surface area contributed by atoms with Crippen molar-refractivity contribution in [1.82, 2.24) is 9.71 Å². The quantitative estimate of drug-likeness (QED) is 0.808. The van der Waals surface area contributed by atoms with Crippen LogP contribution in [0.2, 0.25) is 0 Å². The Morgan fingerprint density at radius 3 is 2.89 bits per heavy atom. The van der Waals surface area contributed by atoms with Gasteiger partial charge in [-0.25, -0.2) is 18.1 Å². The third-order valence-electron chi connectivity index (χ3n) is 2.31. The summed E-state index contributed by atoms with van der Waals surface area (Å²) in [5, 5.41) is 10.8. The summed E-state index contributed by atoms with van der Waals surface area (Å²) in [5.74, 6) is 0.187. The number of sulfonamides is 1. The van der Waals surface area contributed by atoms with Gasteiger partial charge in [0.05, 0.1) is 11.2 Å². The largest absolute Gasteiger partial charge is 0.450 e. The normalized spacial score (nSPS) is 11.9. The fraction of sp³-hybridized carbons (Fsp3) is 0.300. The first kappa shape index (κ1) is 14.7. The Morgan fingerprint density at radius 1 is 1.53 bits per heavy atom. The molecule has 2 rings (SSSR count). The second-order valence-electron chi connectivity index (χ2n) is 3.64. The maximum atomic E-state index is 12.0. The highest BCUT2D eigenvalue weighted by atomic mass is 79.9. The molecule has 0 amide bonds. The van der Waals surface area contributed by atoms with E-state index in [0.717, 1.165) is 5.69 Å². The van der Waals surface area contributed by atoms with Crippen LogP contribution in [0.15, 0.2) is 30.9 Å². The molecule has 0 unspecified atom stereocenters. The Hall–Kier alpha value is -0.740. The molecule has 2 aromatic heterocycles. The number of aliphatic hydroxyl groups excluding tert-OH is 1. The number of rotatable bonds is 6. The minimum atomic E-state index is -3.66. The van der Waals surface area contributed by atoms with Crippen molar-refractivity contribution >= 4 is 37.3 Å². The molecule has 9 heteroatoms. The summed E-state index contributed by atoms with van der Waals surface area (Å²) in [7, 11) is -3.66. The molecule has 6 nitrogen and oxygen atoms in total. The van der Waals surface area contributed by atoms with Crippen LogP contribution >= 0.6 is 27.3 Å². The van der Waals surface area contributed by atoms with E-state index in [9.17, 15) is 8.42 Å². The monoisotopic (exact) mass is 366 g/mol. The van der Waals surface area contributed by atoms with E-state index in [0.29, 0.717) is 6.42 Å². The predicted octanol–water partition coefficient (Wildman–Crippen LogP) is 1.51. The van der Waals surface area contributed by atoms with Crippen molar-refractivity contribution in [1.29, 1.82) is 0 Å². The van der Waals surface area contributed by atoms with Gasteiger partial charge in [-0.1, -0.05) is 0 Å². The smallest absolute Gasteiger partial charge is 0.244 e. The van der Waals surface area contributed by atoms with Crippen LogP contribution in [0.1, 0.15) is 11.5 Å². The summed E-state index contributed by atoms with van der Waals surface area (Å²) in [6.45, 7) is -0.106. The third-order valence-corrected chi connectivity index (χ3v) is 5.26. The Kier molecular flexibility index (Phi) is 4.74. The third kappa shape index (κ3) is 3.63. The molecule has 0 aliphatic rings. The number of thiazole rings is 1. The number of aromatic nitrogens is 1. The van der Waals surface area contributed by atoms with Gasteiger partial charge in [0.2, 0.25) is 10.0 Å². The molecule has 2 heterocycles. The van der Waals surface area contributed by atoms with E-state index in [1.54, 1.807) is 5.51 Å². The van der Waals surface area contributed by atoms with Crippen LogP contribution in [0.25, 0.3) is 0 Å². The van der Waals surface area contributed by atoms with Crippen molar-refractivity contribution in [2.24, 2.45) is 0 Å². The summed E-state index contributed by atoms with van der Waals surface area (Å²) in [6, 6.07) is 1.29. The highest BCUT2D eigenvalue weighted by Gasteiger charge is 2.21. The van der Waals surface area contributed by atoms with E-state index in [1.807, 2.05) is 5.38 Å². The van der Waals surface area contributed by atoms with Crippen LogP contribution in [0, 0.1) is 0 Å². The zero-order chi connectivity index (χ0) is 13.9. The van der Waals surface area contributed by atoms with E-state index in [-0.39, 0.29) is 28.5 Å². The molecule has 0 atom stereocenters. The fourth-order valence-corrected chi connectivity index (χ4v) is 4.03. The van der Waals surface area contributed by atoms with Gasteiger partial charge in [0.25, 0.3) is 0 Å². The van der Waals surface area contributed by atoms with Gasteiger partial charge < -0.3 is 9.52 Å². The van der Waals surface area contributed by atoms with Gasteiger partial charge in [-0.2, -0.15) is 0 Å². The van der Waals surface area contributed by atoms with E-state index >= 15 is 0 Å². The first-order chi connectivity index (χ1) is 9.03. The molecule has 0 radical (unpaired) electrons. The van der Waals surface area contributed by atoms with Gasteiger partial charge >= 0.3 is 0 Å². The average molecular weight is 367 g/mol. The standard InChI is InChI=1S/C10H11BrN2O4S2/c11-10-9(3-8(4-14)17-10)19(15,16)13-2-1-7-5-18-6-12-7/h3,5-6,13-14H,1-2,4H2. The molecule has 0 aromatic carbocycles. The lowest BCUT2D eigenvalue weighted by atomic mass is 10.3. The fourth-order valence-electron chi connectivity index (χ4n) is 1.41. The number of aliphatic hydroxyl groups is 1. The molecule has 0 bridgehead atoms. The summed E-state index contributed by atoms with van der Waals surface area (Å²) >= 11 is 4.48. The van der Waals surface area contributed by atoms with Crippen molar-refractivity contribution in [2.45, 2.75) is 17.9 Å². The van der Waals surface area contributed by atoms with Crippen LogP contribution in [-0.2, 0) is 23.1 Å². The number of hydrogen-bond donors (Lipinski definition) is 2. The summed E-state index contributed by atoms with van der Waals surface area (Å²) in [4.78, 5) is 4.05. The van der Waals surface area contributed by atoms with Crippen molar-refractivity contribution in [3.05, 3.63) is 33.1 Å². The highest BCUT2D eigenvalue weighted by Crippen LogP contribution is 2.25. The molecular weight excluding hydrogens is 356 g/mol. The lowest BCUT2D eigenvalue weighted by molar-refractivity contribution is 0.245. The maximum absolute atomic E-state index is 12.0. The molecule has 0 fully saturated rings. The summed E-state index contributed by atoms with van der Waals surface area (Å²) < 4.78 is 31.6. The predicted molar refractivity (Wildman–Crippen MR) is 73.3 cm³/mol. The topological polar surface area (TPSA) is 92.4 Å². The lowest BCUT2D eigenvalue weighted by Crippen LogP contribution is -2.26. The van der Waals surface area contributed by atoms with Crippen molar-refractivity contribution in [2.75, 3.05) is 6.54 Å². The molecular formula is C10H11BrN2O4S2. The van der Waals surface area contributed by atoms with Crippen LogP contribution in [0.5, 0.6) is 0 Å². The molecule has 104 valence electrons. The van der Waals surface area contributed by atoms with Gasteiger partial charge in [0.1, 0.15) is 17.3 Å². The number of hydrogen-bond acceptors (Lipinski definition) is 6. The van der Waals surface area contributed by atoms with E-state index in [1.165, 1.54) is 17.4 Å². The zero-order valence-corrected chi connectivity index (χ0v) is 12.9. The van der Waals surface area contributed by atoms with Crippen molar-refractivity contribution in [3.8, 4) is 0 Å². The number of nitrogens with zero attached hydrogens (tertiary/aromatic N) is 1. The van der Waals surface area contributed by atoms with Crippen LogP contribution in [0.3, 0.4) is 0 Å².